The minimum Gasteiger partial charge on any atom is -0.399 e. The fraction of sp³-hybridized carbons (Fsp3) is 0. The van der Waals surface area contributed by atoms with Crippen molar-refractivity contribution in [2.45, 2.75) is 0 Å². The van der Waals surface area contributed by atoms with E-state index < -0.39 is 10.8 Å². The summed E-state index contributed by atoms with van der Waals surface area (Å²) in [5.41, 5.74) is 6.18. The van der Waals surface area contributed by atoms with Gasteiger partial charge in [0, 0.05) is 10.3 Å². The highest BCUT2D eigenvalue weighted by atomic mass is 35.6. The molecular formula is C6H8ClNO3. The van der Waals surface area contributed by atoms with Gasteiger partial charge in [-0.05, 0) is 12.1 Å². The first-order chi connectivity index (χ1) is 5.13. The van der Waals surface area contributed by atoms with Crippen molar-refractivity contribution in [3.63, 3.8) is 0 Å². The van der Waals surface area contributed by atoms with Crippen molar-refractivity contribution in [3.8, 4) is 0 Å². The molecule has 0 saturated carbocycles. The summed E-state index contributed by atoms with van der Waals surface area (Å²) in [4.78, 5) is 0. The van der Waals surface area contributed by atoms with Gasteiger partial charge in [0.2, 0.25) is 0 Å². The molecule has 0 atom stereocenters. The van der Waals surface area contributed by atoms with Crippen LogP contribution < -0.4 is 15.1 Å². The molecule has 0 bridgehead atoms. The molecule has 0 spiro atoms. The molecule has 62 valence electrons. The number of rotatable bonds is 0. The van der Waals surface area contributed by atoms with Crippen LogP contribution in [0.4, 0.5) is 5.69 Å². The van der Waals surface area contributed by atoms with Gasteiger partial charge in [0.1, 0.15) is 0 Å². The number of benzene rings is 1. The van der Waals surface area contributed by atoms with Crippen LogP contribution in [-0.4, -0.2) is 4.66 Å². The van der Waals surface area contributed by atoms with Gasteiger partial charge in [0.15, 0.2) is 0 Å². The Labute approximate surface area is 67.3 Å². The van der Waals surface area contributed by atoms with Gasteiger partial charge >= 0.3 is 0 Å². The van der Waals surface area contributed by atoms with Crippen molar-refractivity contribution in [1.82, 2.24) is 0 Å². The van der Waals surface area contributed by atoms with Gasteiger partial charge in [-0.3, -0.25) is 0 Å². The van der Waals surface area contributed by atoms with E-state index in [9.17, 15) is 0 Å². The Balaban J connectivity index is 0.000000218. The number of hydrogen-bond donors (Lipinski definition) is 2. The van der Waals surface area contributed by atoms with E-state index in [0.29, 0.717) is 0 Å². The van der Waals surface area contributed by atoms with Crippen molar-refractivity contribution in [2.24, 2.45) is 0 Å². The molecule has 0 unspecified atom stereocenters. The largest absolute Gasteiger partial charge is 0.399 e. The number of nitrogens with two attached hydrogens (primary N) is 1. The van der Waals surface area contributed by atoms with Crippen LogP contribution in [0.2, 0.25) is 0 Å². The Morgan fingerprint density at radius 3 is 1.73 bits per heavy atom. The normalized spacial score (nSPS) is 8.73. The van der Waals surface area contributed by atoms with Crippen LogP contribution in [0.5, 0.6) is 0 Å². The minimum absolute atomic E-state index is 0.822. The smallest absolute Gasteiger partial charge is 0.282 e. The predicted molar refractivity (Wildman–Crippen MR) is 33.1 cm³/mol. The van der Waals surface area contributed by atoms with Crippen LogP contribution in [-0.2, 0) is 0 Å². The summed E-state index contributed by atoms with van der Waals surface area (Å²) in [5, 5.41) is 0. The Morgan fingerprint density at radius 2 is 1.55 bits per heavy atom. The lowest BCUT2D eigenvalue weighted by atomic mass is 10.3. The van der Waals surface area contributed by atoms with Gasteiger partial charge in [-0.1, -0.05) is 18.2 Å². The maximum Gasteiger partial charge on any atom is 0.282 e. The standard InChI is InChI=1S/C6H7N.ClHO3/c7-6-4-2-1-3-5-6;2-1(3)4/h1-5H,7H2;2H. The number of nitrogen functional groups attached to an aromatic ring is 1. The number of halogens is 1. The molecule has 5 heteroatoms. The molecule has 1 aromatic carbocycles. The van der Waals surface area contributed by atoms with E-state index in [4.69, 9.17) is 19.7 Å². The van der Waals surface area contributed by atoms with Crippen LogP contribution in [0.1, 0.15) is 0 Å². The van der Waals surface area contributed by atoms with Gasteiger partial charge in [0.25, 0.3) is 10.8 Å². The Kier molecular flexibility index (Phi) is 5.50. The lowest BCUT2D eigenvalue weighted by Gasteiger charge is -1.83. The van der Waals surface area contributed by atoms with Crippen molar-refractivity contribution >= 4 is 5.69 Å². The molecular weight excluding hydrogens is 170 g/mol. The molecule has 0 aliphatic heterocycles. The maximum absolute atomic E-state index is 8.52. The molecule has 1 rings (SSSR count). The Morgan fingerprint density at radius 1 is 1.18 bits per heavy atom. The monoisotopic (exact) mass is 177 g/mol. The van der Waals surface area contributed by atoms with Crippen molar-refractivity contribution in [1.29, 1.82) is 0 Å². The molecule has 0 saturated heterocycles. The summed E-state index contributed by atoms with van der Waals surface area (Å²) in [6, 6.07) is 9.49. The summed E-state index contributed by atoms with van der Waals surface area (Å²) >= 11 is 0. The predicted octanol–water partition coefficient (Wildman–Crippen LogP) is -1.67. The van der Waals surface area contributed by atoms with Crippen molar-refractivity contribution in [3.05, 3.63) is 30.3 Å². The second kappa shape index (κ2) is 5.94. The van der Waals surface area contributed by atoms with Gasteiger partial charge in [-0.25, -0.2) is 0 Å². The molecule has 0 amide bonds. The van der Waals surface area contributed by atoms with Crippen LogP contribution in [0.15, 0.2) is 30.3 Å². The minimum atomic E-state index is -2.60. The molecule has 0 heterocycles. The molecule has 4 nitrogen and oxygen atoms in total. The summed E-state index contributed by atoms with van der Waals surface area (Å²) in [7, 11) is -2.60. The zero-order valence-corrected chi connectivity index (χ0v) is 6.36. The zero-order chi connectivity index (χ0) is 8.69. The Bertz CT molecular complexity index is 178. The van der Waals surface area contributed by atoms with E-state index >= 15 is 0 Å². The van der Waals surface area contributed by atoms with Crippen LogP contribution >= 0.6 is 0 Å². The second-order valence-electron chi connectivity index (χ2n) is 1.61. The fourth-order valence-corrected chi connectivity index (χ4v) is 0.453. The molecule has 11 heavy (non-hydrogen) atoms. The summed E-state index contributed by atoms with van der Waals surface area (Å²) in [6.07, 6.45) is 0. The molecule has 0 aliphatic carbocycles. The van der Waals surface area contributed by atoms with E-state index in [2.05, 4.69) is 0 Å². The third-order valence-corrected chi connectivity index (χ3v) is 0.800. The molecule has 1 aromatic rings. The van der Waals surface area contributed by atoms with E-state index in [0.717, 1.165) is 5.69 Å². The van der Waals surface area contributed by atoms with Gasteiger partial charge in [-0.15, -0.1) is 0 Å². The summed E-state index contributed by atoms with van der Waals surface area (Å²) in [6.45, 7) is 0. The highest BCUT2D eigenvalue weighted by Gasteiger charge is 1.79. The van der Waals surface area contributed by atoms with Crippen molar-refractivity contribution < 1.29 is 24.8 Å². The fourth-order valence-electron chi connectivity index (χ4n) is 0.453. The average molecular weight is 178 g/mol. The number of hydrogen-bond acceptors (Lipinski definition) is 4. The third-order valence-electron chi connectivity index (χ3n) is 0.800. The Hall–Kier alpha value is -0.810. The average Bonchev–Trinajstić information content (AvgIpc) is 1.87. The summed E-state index contributed by atoms with van der Waals surface area (Å²) < 4.78 is 24.0. The lowest BCUT2D eigenvalue weighted by Crippen LogP contribution is -2.30. The molecule has 0 radical (unpaired) electrons. The maximum atomic E-state index is 8.52. The molecule has 0 aliphatic rings. The third kappa shape index (κ3) is 9.19. The molecule has 0 aromatic heterocycles. The van der Waals surface area contributed by atoms with Gasteiger partial charge in [-0.2, -0.15) is 0 Å². The van der Waals surface area contributed by atoms with Gasteiger partial charge < -0.3 is 15.1 Å². The van der Waals surface area contributed by atoms with Gasteiger partial charge in [0.05, 0.1) is 0 Å². The lowest BCUT2D eigenvalue weighted by molar-refractivity contribution is -1.63. The topological polar surface area (TPSA) is 92.4 Å². The first-order valence-corrected chi connectivity index (χ1v) is 3.63. The van der Waals surface area contributed by atoms with E-state index in [1.54, 1.807) is 0 Å². The highest BCUT2D eigenvalue weighted by Crippen LogP contribution is 1.95. The van der Waals surface area contributed by atoms with E-state index in [1.165, 1.54) is 0 Å². The highest BCUT2D eigenvalue weighted by molar-refractivity contribution is 5.35. The van der Waals surface area contributed by atoms with E-state index in [-0.39, 0.29) is 0 Å². The zero-order valence-electron chi connectivity index (χ0n) is 5.61. The number of para-hydroxylation sites is 1. The first-order valence-electron chi connectivity index (χ1n) is 2.68. The van der Waals surface area contributed by atoms with Crippen LogP contribution in [0.3, 0.4) is 0 Å². The SMILES string of the molecule is Nc1ccccc1.[O-][Cl+2]([O-])O. The summed E-state index contributed by atoms with van der Waals surface area (Å²) in [5.74, 6) is 0. The first kappa shape index (κ1) is 10.2. The van der Waals surface area contributed by atoms with Crippen LogP contribution in [0, 0.1) is 10.8 Å². The second-order valence-corrected chi connectivity index (χ2v) is 2.01. The molecule has 0 fully saturated rings. The number of anilines is 1. The quantitative estimate of drug-likeness (QED) is 0.464. The van der Waals surface area contributed by atoms with E-state index in [1.807, 2.05) is 30.3 Å². The van der Waals surface area contributed by atoms with Crippen LogP contribution in [0.25, 0.3) is 0 Å². The van der Waals surface area contributed by atoms with Crippen molar-refractivity contribution in [2.75, 3.05) is 5.73 Å². The molecule has 3 N–H and O–H groups in total.